The number of hydrogen-bond donors (Lipinski definition) is 4. The number of nitrogens with zero attached hydrogens (tertiary/aromatic N) is 2. The minimum Gasteiger partial charge on any atom is -0.384 e. The van der Waals surface area contributed by atoms with Crippen molar-refractivity contribution >= 4 is 63.2 Å². The van der Waals surface area contributed by atoms with Crippen molar-refractivity contribution < 1.29 is 4.79 Å². The van der Waals surface area contributed by atoms with E-state index in [0.29, 0.717) is 21.3 Å². The van der Waals surface area contributed by atoms with Gasteiger partial charge in [-0.15, -0.1) is 11.3 Å². The van der Waals surface area contributed by atoms with E-state index < -0.39 is 17.2 Å². The van der Waals surface area contributed by atoms with Crippen LogP contribution in [0, 0.1) is 5.41 Å². The standard InChI is InChI=1S/C18H14Cl2N6O3S/c1-26-16(28)14(15(22)25-18(26)29)8(6-21)4-13(27)24-17-23-12(7-30-17)10-3-2-9(19)5-11(10)20/h2-7,21H,22H2,1H3,(H,25,29)(H,23,24,27)/b8-4+,21-6?. The number of nitrogens with one attached hydrogen (secondary N) is 3. The third kappa shape index (κ3) is 4.35. The first-order chi connectivity index (χ1) is 14.2. The normalized spacial score (nSPS) is 11.4. The topological polar surface area (TPSA) is 147 Å². The molecule has 3 aromatic rings. The zero-order valence-corrected chi connectivity index (χ0v) is 17.7. The minimum atomic E-state index is -0.729. The van der Waals surface area contributed by atoms with E-state index >= 15 is 0 Å². The summed E-state index contributed by atoms with van der Waals surface area (Å²) in [6.07, 6.45) is 1.82. The molecule has 0 bridgehead atoms. The summed E-state index contributed by atoms with van der Waals surface area (Å²) in [5.41, 5.74) is 5.25. The molecule has 0 spiro atoms. The van der Waals surface area contributed by atoms with Crippen molar-refractivity contribution in [1.29, 1.82) is 5.41 Å². The van der Waals surface area contributed by atoms with Gasteiger partial charge in [-0.1, -0.05) is 23.2 Å². The van der Waals surface area contributed by atoms with Gasteiger partial charge in [-0.3, -0.25) is 24.5 Å². The average Bonchev–Trinajstić information content (AvgIpc) is 3.13. The second kappa shape index (κ2) is 8.66. The zero-order valence-electron chi connectivity index (χ0n) is 15.3. The Bertz CT molecular complexity index is 1310. The van der Waals surface area contributed by atoms with Gasteiger partial charge in [-0.05, 0) is 18.2 Å². The average molecular weight is 465 g/mol. The van der Waals surface area contributed by atoms with Crippen molar-refractivity contribution in [3.8, 4) is 11.3 Å². The summed E-state index contributed by atoms with van der Waals surface area (Å²) in [5, 5.41) is 13.0. The molecule has 0 aliphatic rings. The maximum absolute atomic E-state index is 12.4. The van der Waals surface area contributed by atoms with Crippen molar-refractivity contribution in [3.63, 3.8) is 0 Å². The molecule has 0 saturated heterocycles. The van der Waals surface area contributed by atoms with E-state index in [9.17, 15) is 14.4 Å². The van der Waals surface area contributed by atoms with Gasteiger partial charge in [-0.25, -0.2) is 9.78 Å². The summed E-state index contributed by atoms with van der Waals surface area (Å²) in [4.78, 5) is 42.9. The number of amides is 1. The molecule has 154 valence electrons. The van der Waals surface area contributed by atoms with E-state index in [1.165, 1.54) is 18.4 Å². The second-order valence-electron chi connectivity index (χ2n) is 5.98. The van der Waals surface area contributed by atoms with E-state index in [2.05, 4.69) is 15.3 Å². The molecule has 1 amide bonds. The number of carbonyl (C=O) groups excluding carboxylic acids is 1. The molecule has 0 aliphatic carbocycles. The first kappa shape index (κ1) is 21.5. The fourth-order valence-electron chi connectivity index (χ4n) is 2.54. The van der Waals surface area contributed by atoms with Crippen molar-refractivity contribution in [3.05, 3.63) is 66.1 Å². The van der Waals surface area contributed by atoms with E-state index in [1.807, 2.05) is 0 Å². The minimum absolute atomic E-state index is 0.0700. The van der Waals surface area contributed by atoms with Crippen LogP contribution < -0.4 is 22.3 Å². The number of H-pyrrole nitrogens is 1. The summed E-state index contributed by atoms with van der Waals surface area (Å²) in [5.74, 6) is -0.871. The first-order valence-corrected chi connectivity index (χ1v) is 9.88. The van der Waals surface area contributed by atoms with Crippen LogP contribution >= 0.6 is 34.5 Å². The Morgan fingerprint density at radius 1 is 1.37 bits per heavy atom. The molecule has 0 atom stereocenters. The van der Waals surface area contributed by atoms with Crippen LogP contribution in [0.1, 0.15) is 5.56 Å². The van der Waals surface area contributed by atoms with Crippen molar-refractivity contribution in [2.24, 2.45) is 7.05 Å². The lowest BCUT2D eigenvalue weighted by Gasteiger charge is -2.07. The molecule has 0 fully saturated rings. The van der Waals surface area contributed by atoms with Crippen LogP contribution in [0.5, 0.6) is 0 Å². The van der Waals surface area contributed by atoms with Gasteiger partial charge in [0.05, 0.1) is 16.3 Å². The summed E-state index contributed by atoms with van der Waals surface area (Å²) >= 11 is 13.2. The number of benzene rings is 1. The van der Waals surface area contributed by atoms with Gasteiger partial charge in [-0.2, -0.15) is 0 Å². The molecule has 3 rings (SSSR count). The number of thiazole rings is 1. The molecular weight excluding hydrogens is 451 g/mol. The van der Waals surface area contributed by atoms with Crippen LogP contribution in [0.4, 0.5) is 10.9 Å². The molecule has 9 nitrogen and oxygen atoms in total. The number of aromatic nitrogens is 3. The highest BCUT2D eigenvalue weighted by Crippen LogP contribution is 2.32. The predicted octanol–water partition coefficient (Wildman–Crippen LogP) is 2.76. The van der Waals surface area contributed by atoms with Gasteiger partial charge < -0.3 is 11.1 Å². The monoisotopic (exact) mass is 464 g/mol. The van der Waals surface area contributed by atoms with Crippen molar-refractivity contribution in [2.75, 3.05) is 11.1 Å². The Hall–Kier alpha value is -3.21. The lowest BCUT2D eigenvalue weighted by atomic mass is 10.1. The SMILES string of the molecule is Cn1c(=O)[nH]c(N)c(/C(C=N)=C/C(=O)Nc2nc(-c3ccc(Cl)cc3Cl)cs2)c1=O. The Morgan fingerprint density at radius 3 is 2.77 bits per heavy atom. The Morgan fingerprint density at radius 2 is 2.10 bits per heavy atom. The number of nitrogen functional groups attached to an aromatic ring is 1. The van der Waals surface area contributed by atoms with Gasteiger partial charge in [0.2, 0.25) is 0 Å². The van der Waals surface area contributed by atoms with E-state index in [4.69, 9.17) is 34.3 Å². The molecule has 30 heavy (non-hydrogen) atoms. The number of hydrogen-bond acceptors (Lipinski definition) is 7. The van der Waals surface area contributed by atoms with Crippen LogP contribution in [0.25, 0.3) is 16.8 Å². The van der Waals surface area contributed by atoms with Crippen molar-refractivity contribution in [1.82, 2.24) is 14.5 Å². The molecular formula is C18H14Cl2N6O3S. The summed E-state index contributed by atoms with van der Waals surface area (Å²) in [6, 6.07) is 4.98. The van der Waals surface area contributed by atoms with Crippen molar-refractivity contribution in [2.45, 2.75) is 0 Å². The number of halogens is 2. The fourth-order valence-corrected chi connectivity index (χ4v) is 3.76. The molecule has 0 radical (unpaired) electrons. The van der Waals surface area contributed by atoms with E-state index in [1.54, 1.807) is 23.6 Å². The van der Waals surface area contributed by atoms with Crippen LogP contribution in [-0.2, 0) is 11.8 Å². The largest absolute Gasteiger partial charge is 0.384 e. The third-order valence-electron chi connectivity index (χ3n) is 4.01. The number of carbonyl (C=O) groups is 1. The molecule has 2 heterocycles. The summed E-state index contributed by atoms with van der Waals surface area (Å²) in [7, 11) is 1.25. The lowest BCUT2D eigenvalue weighted by molar-refractivity contribution is -0.111. The molecule has 12 heteroatoms. The van der Waals surface area contributed by atoms with Crippen LogP contribution in [0.2, 0.25) is 10.0 Å². The second-order valence-corrected chi connectivity index (χ2v) is 7.68. The Kier molecular flexibility index (Phi) is 6.20. The molecule has 0 unspecified atom stereocenters. The number of anilines is 2. The first-order valence-electron chi connectivity index (χ1n) is 8.24. The molecule has 1 aromatic carbocycles. The van der Waals surface area contributed by atoms with Gasteiger partial charge >= 0.3 is 5.69 Å². The highest BCUT2D eigenvalue weighted by molar-refractivity contribution is 7.14. The fraction of sp³-hybridized carbons (Fsp3) is 0.0556. The number of nitrogens with two attached hydrogens (primary N) is 1. The number of allylic oxidation sites excluding steroid dienone is 1. The highest BCUT2D eigenvalue weighted by Gasteiger charge is 2.15. The molecule has 5 N–H and O–H groups in total. The van der Waals surface area contributed by atoms with Gasteiger partial charge in [0, 0.05) is 40.9 Å². The van der Waals surface area contributed by atoms with E-state index in [-0.39, 0.29) is 22.1 Å². The number of aromatic amines is 1. The van der Waals surface area contributed by atoms with Gasteiger partial charge in [0.15, 0.2) is 5.13 Å². The van der Waals surface area contributed by atoms with Gasteiger partial charge in [0.1, 0.15) is 5.82 Å². The zero-order chi connectivity index (χ0) is 22.0. The number of rotatable bonds is 5. The highest BCUT2D eigenvalue weighted by atomic mass is 35.5. The Balaban J connectivity index is 1.88. The Labute approximate surface area is 183 Å². The smallest absolute Gasteiger partial charge is 0.329 e. The molecule has 0 aliphatic heterocycles. The molecule has 0 saturated carbocycles. The third-order valence-corrected chi connectivity index (χ3v) is 5.31. The quantitative estimate of drug-likeness (QED) is 0.338. The van der Waals surface area contributed by atoms with Gasteiger partial charge in [0.25, 0.3) is 11.5 Å². The summed E-state index contributed by atoms with van der Waals surface area (Å²) < 4.78 is 0.796. The van der Waals surface area contributed by atoms with E-state index in [0.717, 1.165) is 16.9 Å². The van der Waals surface area contributed by atoms with Crippen LogP contribution in [-0.4, -0.2) is 26.7 Å². The lowest BCUT2D eigenvalue weighted by Crippen LogP contribution is -2.36. The maximum Gasteiger partial charge on any atom is 0.329 e. The maximum atomic E-state index is 12.4. The van der Waals surface area contributed by atoms with Crippen LogP contribution in [0.15, 0.2) is 39.2 Å². The van der Waals surface area contributed by atoms with Crippen LogP contribution in [0.3, 0.4) is 0 Å². The predicted molar refractivity (Wildman–Crippen MR) is 120 cm³/mol. The summed E-state index contributed by atoms with van der Waals surface area (Å²) in [6.45, 7) is 0. The molecule has 2 aromatic heterocycles.